The first-order valence-electron chi connectivity index (χ1n) is 7.33. The van der Waals surface area contributed by atoms with Crippen molar-refractivity contribution in [1.82, 2.24) is 5.43 Å². The van der Waals surface area contributed by atoms with Crippen LogP contribution in [0.25, 0.3) is 0 Å². The maximum absolute atomic E-state index is 5.95. The highest BCUT2D eigenvalue weighted by Crippen LogP contribution is 2.30. The second-order valence-electron chi connectivity index (χ2n) is 5.54. The Morgan fingerprint density at radius 2 is 2.00 bits per heavy atom. The molecule has 17 heavy (non-hydrogen) atoms. The first-order chi connectivity index (χ1) is 8.23. The number of unbranched alkanes of at least 4 members (excludes halogenated alkanes) is 4. The van der Waals surface area contributed by atoms with Gasteiger partial charge >= 0.3 is 0 Å². The summed E-state index contributed by atoms with van der Waals surface area (Å²) in [5.74, 6) is 5.70. The van der Waals surface area contributed by atoms with E-state index < -0.39 is 0 Å². The fraction of sp³-hybridized carbons (Fsp3) is 1.00. The Labute approximate surface area is 106 Å². The summed E-state index contributed by atoms with van der Waals surface area (Å²) >= 11 is 0. The molecule has 1 rings (SSSR count). The third-order valence-electron chi connectivity index (χ3n) is 4.03. The zero-order valence-electron chi connectivity index (χ0n) is 11.6. The highest BCUT2D eigenvalue weighted by Gasteiger charge is 2.35. The first-order valence-corrected chi connectivity index (χ1v) is 7.33. The van der Waals surface area contributed by atoms with Crippen molar-refractivity contribution >= 4 is 0 Å². The molecule has 3 N–H and O–H groups in total. The zero-order valence-corrected chi connectivity index (χ0v) is 11.6. The summed E-state index contributed by atoms with van der Waals surface area (Å²) in [6.45, 7) is 5.36. The van der Waals surface area contributed by atoms with Crippen LogP contribution in [0, 0.1) is 0 Å². The van der Waals surface area contributed by atoms with Gasteiger partial charge in [0.25, 0.3) is 0 Å². The number of nitrogens with one attached hydrogen (secondary N) is 1. The normalized spacial score (nSPS) is 27.0. The summed E-state index contributed by atoms with van der Waals surface area (Å²) < 4.78 is 5.95. The fourth-order valence-corrected chi connectivity index (χ4v) is 2.75. The lowest BCUT2D eigenvalue weighted by molar-refractivity contribution is -0.0904. The van der Waals surface area contributed by atoms with E-state index in [0.29, 0.717) is 6.04 Å². The molecule has 0 aromatic rings. The molecule has 0 aromatic heterocycles. The number of hydrazine groups is 1. The molecule has 1 heterocycles. The van der Waals surface area contributed by atoms with Gasteiger partial charge in [0, 0.05) is 12.6 Å². The second-order valence-corrected chi connectivity index (χ2v) is 5.54. The molecular weight excluding hydrogens is 212 g/mol. The van der Waals surface area contributed by atoms with Crippen LogP contribution in [0.1, 0.15) is 71.6 Å². The van der Waals surface area contributed by atoms with E-state index in [2.05, 4.69) is 19.3 Å². The van der Waals surface area contributed by atoms with E-state index in [1.165, 1.54) is 44.9 Å². The lowest BCUT2D eigenvalue weighted by Crippen LogP contribution is -2.54. The molecule has 0 aromatic carbocycles. The van der Waals surface area contributed by atoms with Crippen molar-refractivity contribution in [2.24, 2.45) is 5.84 Å². The van der Waals surface area contributed by atoms with Crippen LogP contribution in [-0.2, 0) is 4.74 Å². The van der Waals surface area contributed by atoms with Crippen molar-refractivity contribution in [1.29, 1.82) is 0 Å². The molecular formula is C14H30N2O. The highest BCUT2D eigenvalue weighted by molar-refractivity contribution is 4.90. The number of hydrogen-bond acceptors (Lipinski definition) is 3. The molecule has 1 saturated heterocycles. The lowest BCUT2D eigenvalue weighted by Gasteiger charge is -2.40. The summed E-state index contributed by atoms with van der Waals surface area (Å²) in [6.07, 6.45) is 11.3. The predicted octanol–water partition coefficient (Wildman–Crippen LogP) is 3.14. The molecule has 1 fully saturated rings. The molecule has 102 valence electrons. The molecule has 0 spiro atoms. The van der Waals surface area contributed by atoms with Gasteiger partial charge in [-0.1, -0.05) is 39.0 Å². The van der Waals surface area contributed by atoms with Gasteiger partial charge in [-0.2, -0.15) is 0 Å². The smallest absolute Gasteiger partial charge is 0.0820 e. The van der Waals surface area contributed by atoms with Gasteiger partial charge in [0.05, 0.1) is 5.60 Å². The van der Waals surface area contributed by atoms with Crippen LogP contribution in [0.5, 0.6) is 0 Å². The topological polar surface area (TPSA) is 47.3 Å². The quantitative estimate of drug-likeness (QED) is 0.390. The number of nitrogens with two attached hydrogens (primary N) is 1. The standard InChI is InChI=1S/C14H30N2O/c1-3-4-5-6-7-10-13(16-15)14(2)11-8-9-12-17-14/h13,16H,3-12,15H2,1-2H3. The van der Waals surface area contributed by atoms with Crippen molar-refractivity contribution in [2.45, 2.75) is 83.3 Å². The molecule has 2 atom stereocenters. The Kier molecular flexibility index (Phi) is 7.09. The average Bonchev–Trinajstić information content (AvgIpc) is 2.34. The van der Waals surface area contributed by atoms with Crippen molar-refractivity contribution in [2.75, 3.05) is 6.61 Å². The molecule has 0 radical (unpaired) electrons. The third kappa shape index (κ3) is 4.94. The fourth-order valence-electron chi connectivity index (χ4n) is 2.75. The molecule has 0 amide bonds. The number of hydrogen-bond donors (Lipinski definition) is 2. The number of ether oxygens (including phenoxy) is 1. The van der Waals surface area contributed by atoms with Crippen LogP contribution in [-0.4, -0.2) is 18.2 Å². The van der Waals surface area contributed by atoms with Crippen molar-refractivity contribution in [3.05, 3.63) is 0 Å². The van der Waals surface area contributed by atoms with Crippen LogP contribution >= 0.6 is 0 Å². The van der Waals surface area contributed by atoms with Crippen LogP contribution < -0.4 is 11.3 Å². The van der Waals surface area contributed by atoms with Gasteiger partial charge in [-0.15, -0.1) is 0 Å². The average molecular weight is 242 g/mol. The van der Waals surface area contributed by atoms with Gasteiger partial charge in [0.1, 0.15) is 0 Å². The Bertz CT molecular complexity index is 191. The van der Waals surface area contributed by atoms with Crippen LogP contribution in [0.2, 0.25) is 0 Å². The summed E-state index contributed by atoms with van der Waals surface area (Å²) in [4.78, 5) is 0. The van der Waals surface area contributed by atoms with E-state index in [1.54, 1.807) is 0 Å². The molecule has 0 saturated carbocycles. The largest absolute Gasteiger partial charge is 0.374 e. The molecule has 0 bridgehead atoms. The molecule has 1 aliphatic rings. The number of rotatable bonds is 8. The third-order valence-corrected chi connectivity index (χ3v) is 4.03. The van der Waals surface area contributed by atoms with Gasteiger partial charge in [0.15, 0.2) is 0 Å². The van der Waals surface area contributed by atoms with E-state index in [9.17, 15) is 0 Å². The summed E-state index contributed by atoms with van der Waals surface area (Å²) in [5.41, 5.74) is 2.93. The van der Waals surface area contributed by atoms with Gasteiger partial charge < -0.3 is 4.74 Å². The Morgan fingerprint density at radius 3 is 2.59 bits per heavy atom. The minimum atomic E-state index is -0.0439. The van der Waals surface area contributed by atoms with E-state index in [0.717, 1.165) is 19.4 Å². The minimum absolute atomic E-state index is 0.0439. The van der Waals surface area contributed by atoms with E-state index in [1.807, 2.05) is 0 Å². The van der Waals surface area contributed by atoms with E-state index in [-0.39, 0.29) is 5.60 Å². The van der Waals surface area contributed by atoms with Gasteiger partial charge in [-0.05, 0) is 32.6 Å². The van der Waals surface area contributed by atoms with Crippen molar-refractivity contribution in [3.8, 4) is 0 Å². The SMILES string of the molecule is CCCCCCCC(NN)C1(C)CCCCO1. The van der Waals surface area contributed by atoms with Gasteiger partial charge in [-0.25, -0.2) is 0 Å². The van der Waals surface area contributed by atoms with Crippen LogP contribution in [0.4, 0.5) is 0 Å². The molecule has 0 aliphatic carbocycles. The lowest BCUT2D eigenvalue weighted by atomic mass is 9.85. The Hall–Kier alpha value is -0.120. The predicted molar refractivity (Wildman–Crippen MR) is 72.7 cm³/mol. The maximum Gasteiger partial charge on any atom is 0.0820 e. The summed E-state index contributed by atoms with van der Waals surface area (Å²) in [5, 5.41) is 0. The Morgan fingerprint density at radius 1 is 1.24 bits per heavy atom. The van der Waals surface area contributed by atoms with E-state index >= 15 is 0 Å². The van der Waals surface area contributed by atoms with Crippen LogP contribution in [0.3, 0.4) is 0 Å². The second kappa shape index (κ2) is 8.06. The maximum atomic E-state index is 5.95. The van der Waals surface area contributed by atoms with Gasteiger partial charge in [0.2, 0.25) is 0 Å². The molecule has 2 unspecified atom stereocenters. The summed E-state index contributed by atoms with van der Waals surface area (Å²) in [6, 6.07) is 0.310. The monoisotopic (exact) mass is 242 g/mol. The van der Waals surface area contributed by atoms with Crippen molar-refractivity contribution < 1.29 is 4.74 Å². The van der Waals surface area contributed by atoms with E-state index in [4.69, 9.17) is 10.6 Å². The summed E-state index contributed by atoms with van der Waals surface area (Å²) in [7, 11) is 0. The van der Waals surface area contributed by atoms with Crippen LogP contribution in [0.15, 0.2) is 0 Å². The Balaban J connectivity index is 2.26. The molecule has 3 nitrogen and oxygen atoms in total. The minimum Gasteiger partial charge on any atom is -0.374 e. The first kappa shape index (κ1) is 14.9. The van der Waals surface area contributed by atoms with Crippen molar-refractivity contribution in [3.63, 3.8) is 0 Å². The zero-order chi connectivity index (χ0) is 12.6. The molecule has 3 heteroatoms. The van der Waals surface area contributed by atoms with Gasteiger partial charge in [-0.3, -0.25) is 11.3 Å². The molecule has 1 aliphatic heterocycles. The highest BCUT2D eigenvalue weighted by atomic mass is 16.5.